The van der Waals surface area contributed by atoms with Gasteiger partial charge < -0.3 is 9.84 Å². The highest BCUT2D eigenvalue weighted by molar-refractivity contribution is 7.11. The molecule has 22 heavy (non-hydrogen) atoms. The number of aliphatic carboxylic acids is 1. The molecule has 2 rings (SSSR count). The molecule has 0 aliphatic rings. The van der Waals surface area contributed by atoms with Gasteiger partial charge in [0.2, 0.25) is 0 Å². The summed E-state index contributed by atoms with van der Waals surface area (Å²) >= 11 is 1.46. The van der Waals surface area contributed by atoms with Gasteiger partial charge in [0.25, 0.3) is 0 Å². The Bertz CT molecular complexity index is 691. The maximum absolute atomic E-state index is 10.8. The number of ether oxygens (including phenoxy) is 1. The summed E-state index contributed by atoms with van der Waals surface area (Å²) in [6, 6.07) is 4.19. The van der Waals surface area contributed by atoms with E-state index >= 15 is 0 Å². The van der Waals surface area contributed by atoms with Crippen molar-refractivity contribution in [3.63, 3.8) is 0 Å². The fraction of sp³-hybridized carbons (Fsp3) is 0.412. The Morgan fingerprint density at radius 2 is 1.86 bits per heavy atom. The van der Waals surface area contributed by atoms with Gasteiger partial charge in [0, 0.05) is 11.3 Å². The van der Waals surface area contributed by atoms with E-state index in [-0.39, 0.29) is 6.42 Å². The predicted octanol–water partition coefficient (Wildman–Crippen LogP) is 3.63. The predicted molar refractivity (Wildman–Crippen MR) is 88.0 cm³/mol. The molecule has 5 heteroatoms. The molecule has 0 saturated heterocycles. The van der Waals surface area contributed by atoms with Crippen LogP contribution in [0.4, 0.5) is 0 Å². The largest absolute Gasteiger partial charge is 0.493 e. The first-order valence-corrected chi connectivity index (χ1v) is 8.06. The van der Waals surface area contributed by atoms with E-state index in [1.165, 1.54) is 22.5 Å². The van der Waals surface area contributed by atoms with E-state index < -0.39 is 5.97 Å². The van der Waals surface area contributed by atoms with Crippen LogP contribution in [-0.2, 0) is 17.6 Å². The lowest BCUT2D eigenvalue weighted by atomic mass is 10.1. The molecule has 0 bridgehead atoms. The van der Waals surface area contributed by atoms with Crippen molar-refractivity contribution in [2.75, 3.05) is 6.61 Å². The van der Waals surface area contributed by atoms with E-state index in [0.717, 1.165) is 26.9 Å². The van der Waals surface area contributed by atoms with Gasteiger partial charge in [-0.15, -0.1) is 11.3 Å². The minimum Gasteiger partial charge on any atom is -0.493 e. The van der Waals surface area contributed by atoms with Crippen molar-refractivity contribution in [2.24, 2.45) is 0 Å². The van der Waals surface area contributed by atoms with Gasteiger partial charge in [-0.2, -0.15) is 0 Å². The second kappa shape index (κ2) is 6.92. The van der Waals surface area contributed by atoms with Crippen molar-refractivity contribution in [1.82, 2.24) is 4.98 Å². The van der Waals surface area contributed by atoms with E-state index in [0.29, 0.717) is 13.0 Å². The number of carboxylic acids is 1. The van der Waals surface area contributed by atoms with Gasteiger partial charge in [0.05, 0.1) is 23.7 Å². The molecular formula is C17H21NO3S. The average molecular weight is 319 g/mol. The number of aromatic nitrogens is 1. The number of nitrogens with zero attached hydrogens (tertiary/aromatic N) is 1. The summed E-state index contributed by atoms with van der Waals surface area (Å²) in [6.07, 6.45) is 0.734. The summed E-state index contributed by atoms with van der Waals surface area (Å²) in [6.45, 7) is 8.61. The SMILES string of the molecule is Cc1cc(C)c(OCCc2nc(C)c(CC(=O)O)s2)cc1C. The second-order valence-electron chi connectivity index (χ2n) is 5.49. The van der Waals surface area contributed by atoms with E-state index in [4.69, 9.17) is 9.84 Å². The van der Waals surface area contributed by atoms with Gasteiger partial charge in [-0.25, -0.2) is 4.98 Å². The van der Waals surface area contributed by atoms with E-state index in [1.807, 2.05) is 13.8 Å². The summed E-state index contributed by atoms with van der Waals surface area (Å²) < 4.78 is 5.86. The van der Waals surface area contributed by atoms with E-state index in [1.54, 1.807) is 0 Å². The molecule has 0 aliphatic carbocycles. The first-order chi connectivity index (χ1) is 10.4. The van der Waals surface area contributed by atoms with Crippen LogP contribution in [0, 0.1) is 27.7 Å². The lowest BCUT2D eigenvalue weighted by Gasteiger charge is -2.11. The molecule has 0 amide bonds. The molecule has 1 N–H and O–H groups in total. The molecule has 1 heterocycles. The molecule has 0 unspecified atom stereocenters. The maximum Gasteiger partial charge on any atom is 0.308 e. The zero-order chi connectivity index (χ0) is 16.3. The normalized spacial score (nSPS) is 10.7. The molecule has 0 spiro atoms. The number of thiazole rings is 1. The van der Waals surface area contributed by atoms with Gasteiger partial charge in [-0.3, -0.25) is 4.79 Å². The Hall–Kier alpha value is -1.88. The molecule has 1 aromatic carbocycles. The molecule has 1 aromatic heterocycles. The minimum atomic E-state index is -0.819. The van der Waals surface area contributed by atoms with Gasteiger partial charge >= 0.3 is 5.97 Å². The molecule has 0 atom stereocenters. The average Bonchev–Trinajstić information content (AvgIpc) is 2.75. The molecule has 2 aromatic rings. The number of hydrogen-bond donors (Lipinski definition) is 1. The first-order valence-electron chi connectivity index (χ1n) is 7.24. The topological polar surface area (TPSA) is 59.4 Å². The Morgan fingerprint density at radius 1 is 1.18 bits per heavy atom. The van der Waals surface area contributed by atoms with Crippen LogP contribution in [0.3, 0.4) is 0 Å². The quantitative estimate of drug-likeness (QED) is 0.883. The van der Waals surface area contributed by atoms with E-state index in [2.05, 4.69) is 31.0 Å². The Morgan fingerprint density at radius 3 is 2.55 bits per heavy atom. The van der Waals surface area contributed by atoms with Crippen LogP contribution in [0.25, 0.3) is 0 Å². The number of rotatable bonds is 6. The fourth-order valence-corrected chi connectivity index (χ4v) is 3.28. The van der Waals surface area contributed by atoms with Crippen molar-refractivity contribution in [1.29, 1.82) is 0 Å². The summed E-state index contributed by atoms with van der Waals surface area (Å²) in [5.74, 6) is 0.0856. The molecule has 0 fully saturated rings. The van der Waals surface area contributed by atoms with Crippen molar-refractivity contribution in [3.8, 4) is 5.75 Å². The smallest absolute Gasteiger partial charge is 0.308 e. The van der Waals surface area contributed by atoms with Crippen LogP contribution < -0.4 is 4.74 Å². The fourth-order valence-electron chi connectivity index (χ4n) is 2.23. The monoisotopic (exact) mass is 319 g/mol. The maximum atomic E-state index is 10.8. The van der Waals surface area contributed by atoms with Gasteiger partial charge in [-0.05, 0) is 50.5 Å². The minimum absolute atomic E-state index is 0.0423. The highest BCUT2D eigenvalue weighted by Crippen LogP contribution is 2.23. The molecule has 4 nitrogen and oxygen atoms in total. The third-order valence-electron chi connectivity index (χ3n) is 3.61. The van der Waals surface area contributed by atoms with E-state index in [9.17, 15) is 4.79 Å². The van der Waals surface area contributed by atoms with Crippen LogP contribution in [0.15, 0.2) is 12.1 Å². The van der Waals surface area contributed by atoms with Crippen LogP contribution in [-0.4, -0.2) is 22.7 Å². The molecule has 0 saturated carbocycles. The second-order valence-corrected chi connectivity index (χ2v) is 6.66. The third kappa shape index (κ3) is 4.07. The Labute approximate surface area is 134 Å². The van der Waals surface area contributed by atoms with Crippen LogP contribution in [0.1, 0.15) is 32.3 Å². The van der Waals surface area contributed by atoms with Gasteiger partial charge in [-0.1, -0.05) is 6.07 Å². The highest BCUT2D eigenvalue weighted by atomic mass is 32.1. The molecule has 118 valence electrons. The van der Waals surface area contributed by atoms with Gasteiger partial charge in [0.15, 0.2) is 0 Å². The Kier molecular flexibility index (Phi) is 5.19. The van der Waals surface area contributed by atoms with Crippen LogP contribution >= 0.6 is 11.3 Å². The zero-order valence-electron chi connectivity index (χ0n) is 13.4. The molecular weight excluding hydrogens is 298 g/mol. The summed E-state index contributed by atoms with van der Waals surface area (Å²) in [5, 5.41) is 9.78. The number of carbonyl (C=O) groups is 1. The number of benzene rings is 1. The highest BCUT2D eigenvalue weighted by Gasteiger charge is 2.11. The molecule has 0 aliphatic heterocycles. The van der Waals surface area contributed by atoms with Crippen LogP contribution in [0.5, 0.6) is 5.75 Å². The number of aryl methyl sites for hydroxylation is 4. The zero-order valence-corrected chi connectivity index (χ0v) is 14.2. The Balaban J connectivity index is 1.97. The van der Waals surface area contributed by atoms with Crippen molar-refractivity contribution >= 4 is 17.3 Å². The van der Waals surface area contributed by atoms with Crippen molar-refractivity contribution in [2.45, 2.75) is 40.5 Å². The summed E-state index contributed by atoms with van der Waals surface area (Å²) in [4.78, 5) is 16.0. The van der Waals surface area contributed by atoms with Crippen molar-refractivity contribution in [3.05, 3.63) is 44.4 Å². The number of carboxylic acid groups (broad SMARTS) is 1. The first kappa shape index (κ1) is 16.5. The lowest BCUT2D eigenvalue weighted by molar-refractivity contribution is -0.136. The standard InChI is InChI=1S/C17H21NO3S/c1-10-7-12(3)14(8-11(10)2)21-6-5-16-18-13(4)15(22-16)9-17(19)20/h7-8H,5-6,9H2,1-4H3,(H,19,20). The number of hydrogen-bond acceptors (Lipinski definition) is 4. The summed E-state index contributed by atoms with van der Waals surface area (Å²) in [5.41, 5.74) is 4.42. The van der Waals surface area contributed by atoms with Crippen LogP contribution in [0.2, 0.25) is 0 Å². The summed E-state index contributed by atoms with van der Waals surface area (Å²) in [7, 11) is 0. The van der Waals surface area contributed by atoms with Crippen molar-refractivity contribution < 1.29 is 14.6 Å². The lowest BCUT2D eigenvalue weighted by Crippen LogP contribution is -2.03. The third-order valence-corrected chi connectivity index (χ3v) is 4.83. The molecule has 0 radical (unpaired) electrons. The van der Waals surface area contributed by atoms with Gasteiger partial charge in [0.1, 0.15) is 5.75 Å².